The number of para-hydroxylation sites is 1. The maximum atomic E-state index is 5.99. The van der Waals surface area contributed by atoms with Crippen LogP contribution in [0.15, 0.2) is 91.1 Å². The second-order valence-electron chi connectivity index (χ2n) is 7.26. The average Bonchev–Trinajstić information content (AvgIpc) is 3.16. The van der Waals surface area contributed by atoms with Gasteiger partial charge in [-0.3, -0.25) is 0 Å². The lowest BCUT2D eigenvalue weighted by Crippen LogP contribution is -2.01. The molecule has 0 radical (unpaired) electrons. The summed E-state index contributed by atoms with van der Waals surface area (Å²) in [6.45, 7) is 0. The summed E-state index contributed by atoms with van der Waals surface area (Å²) in [6.07, 6.45) is 2.04. The van der Waals surface area contributed by atoms with Gasteiger partial charge < -0.3 is 20.4 Å². The van der Waals surface area contributed by atoms with Crippen LogP contribution in [0.4, 0.5) is 17.5 Å². The summed E-state index contributed by atoms with van der Waals surface area (Å²) in [5.74, 6) is 2.41. The number of benzene rings is 3. The van der Waals surface area contributed by atoms with Gasteiger partial charge in [-0.25, -0.2) is 4.98 Å². The largest absolute Gasteiger partial charge is 0.457 e. The number of nitrogens with two attached hydrogens (primary N) is 1. The predicted octanol–water partition coefficient (Wildman–Crippen LogP) is 5.75. The fourth-order valence-corrected chi connectivity index (χ4v) is 3.50. The van der Waals surface area contributed by atoms with Crippen molar-refractivity contribution in [2.24, 2.45) is 7.05 Å². The Bertz CT molecular complexity index is 1340. The van der Waals surface area contributed by atoms with Crippen LogP contribution in [-0.2, 0) is 7.05 Å². The molecule has 152 valence electrons. The van der Waals surface area contributed by atoms with Gasteiger partial charge in [0.05, 0.1) is 5.69 Å². The molecule has 2 aromatic heterocycles. The third-order valence-corrected chi connectivity index (χ3v) is 5.03. The van der Waals surface area contributed by atoms with Crippen LogP contribution in [0, 0.1) is 0 Å². The normalized spacial score (nSPS) is 10.9. The molecule has 2 heterocycles. The minimum Gasteiger partial charge on any atom is -0.457 e. The van der Waals surface area contributed by atoms with Crippen LogP contribution < -0.4 is 15.8 Å². The average molecular weight is 407 g/mol. The van der Waals surface area contributed by atoms with Gasteiger partial charge in [0, 0.05) is 41.5 Å². The minimum atomic E-state index is 0.220. The summed E-state index contributed by atoms with van der Waals surface area (Å²) in [6, 6.07) is 27.6. The topological polar surface area (TPSA) is 78.0 Å². The molecule has 0 bridgehead atoms. The molecule has 0 atom stereocenters. The highest BCUT2D eigenvalue weighted by Crippen LogP contribution is 2.28. The monoisotopic (exact) mass is 407 g/mol. The molecular formula is C25H21N5O. The van der Waals surface area contributed by atoms with Gasteiger partial charge in [-0.15, -0.1) is 0 Å². The molecule has 0 saturated carbocycles. The smallest absolute Gasteiger partial charge is 0.222 e. The van der Waals surface area contributed by atoms with E-state index in [9.17, 15) is 0 Å². The van der Waals surface area contributed by atoms with Crippen LogP contribution in [0.3, 0.4) is 0 Å². The molecule has 0 amide bonds. The van der Waals surface area contributed by atoms with Gasteiger partial charge in [0.2, 0.25) is 5.95 Å². The molecule has 6 nitrogen and oxygen atoms in total. The van der Waals surface area contributed by atoms with Crippen molar-refractivity contribution < 1.29 is 4.74 Å². The molecule has 0 aliphatic rings. The van der Waals surface area contributed by atoms with Gasteiger partial charge in [0.1, 0.15) is 17.3 Å². The first-order valence-corrected chi connectivity index (χ1v) is 9.94. The molecule has 0 unspecified atom stereocenters. The van der Waals surface area contributed by atoms with Crippen molar-refractivity contribution in [3.8, 4) is 22.8 Å². The molecule has 3 N–H and O–H groups in total. The third-order valence-electron chi connectivity index (χ3n) is 5.03. The van der Waals surface area contributed by atoms with E-state index in [1.54, 1.807) is 0 Å². The summed E-state index contributed by atoms with van der Waals surface area (Å²) in [4.78, 5) is 8.75. The van der Waals surface area contributed by atoms with Crippen molar-refractivity contribution in [1.29, 1.82) is 0 Å². The molecule has 31 heavy (non-hydrogen) atoms. The Kier molecular flexibility index (Phi) is 4.72. The summed E-state index contributed by atoms with van der Waals surface area (Å²) in [5.41, 5.74) is 9.79. The van der Waals surface area contributed by atoms with Gasteiger partial charge in [0.25, 0.3) is 0 Å². The number of aromatic nitrogens is 3. The van der Waals surface area contributed by atoms with Gasteiger partial charge in [0.15, 0.2) is 0 Å². The second-order valence-corrected chi connectivity index (χ2v) is 7.26. The number of aryl methyl sites for hydroxylation is 1. The summed E-state index contributed by atoms with van der Waals surface area (Å²) >= 11 is 0. The lowest BCUT2D eigenvalue weighted by Gasteiger charge is -2.10. The summed E-state index contributed by atoms with van der Waals surface area (Å²) in [7, 11) is 2.03. The van der Waals surface area contributed by atoms with E-state index in [1.165, 1.54) is 5.52 Å². The molecule has 0 aliphatic carbocycles. The van der Waals surface area contributed by atoms with Crippen molar-refractivity contribution in [1.82, 2.24) is 14.5 Å². The maximum absolute atomic E-state index is 5.99. The van der Waals surface area contributed by atoms with Gasteiger partial charge in [-0.2, -0.15) is 4.98 Å². The fraction of sp³-hybridized carbons (Fsp3) is 0.0400. The Morgan fingerprint density at radius 2 is 1.61 bits per heavy atom. The number of fused-ring (bicyclic) bond motifs is 1. The van der Waals surface area contributed by atoms with Crippen LogP contribution in [0.5, 0.6) is 11.5 Å². The molecule has 0 saturated heterocycles. The van der Waals surface area contributed by atoms with E-state index in [1.807, 2.05) is 80.0 Å². The molecule has 5 rings (SSSR count). The third kappa shape index (κ3) is 4.04. The lowest BCUT2D eigenvalue weighted by molar-refractivity contribution is 0.483. The first-order chi connectivity index (χ1) is 15.1. The lowest BCUT2D eigenvalue weighted by atomic mass is 10.1. The zero-order valence-corrected chi connectivity index (χ0v) is 17.0. The highest BCUT2D eigenvalue weighted by atomic mass is 16.5. The van der Waals surface area contributed by atoms with Crippen molar-refractivity contribution >= 4 is 28.4 Å². The van der Waals surface area contributed by atoms with Crippen LogP contribution in [0.2, 0.25) is 0 Å². The predicted molar refractivity (Wildman–Crippen MR) is 125 cm³/mol. The number of nitrogens with one attached hydrogen (secondary N) is 1. The Labute approximate surface area is 180 Å². The molecular weight excluding hydrogens is 386 g/mol. The Morgan fingerprint density at radius 3 is 2.42 bits per heavy atom. The summed E-state index contributed by atoms with van der Waals surface area (Å²) < 4.78 is 7.93. The van der Waals surface area contributed by atoms with Crippen LogP contribution in [0.1, 0.15) is 0 Å². The van der Waals surface area contributed by atoms with Gasteiger partial charge in [-0.05, 0) is 54.6 Å². The van der Waals surface area contributed by atoms with Crippen LogP contribution in [0.25, 0.3) is 22.2 Å². The maximum Gasteiger partial charge on any atom is 0.222 e. The second kappa shape index (κ2) is 7.84. The fourth-order valence-electron chi connectivity index (χ4n) is 3.50. The quantitative estimate of drug-likeness (QED) is 0.388. The first kappa shape index (κ1) is 18.7. The Hall–Kier alpha value is -4.32. The summed E-state index contributed by atoms with van der Waals surface area (Å²) in [5, 5.41) is 4.45. The standard InChI is InChI=1S/C25H21N5O/c1-30-14-13-18-15-17(7-12-23(18)30)22-16-24(29-25(26)28-22)27-19-8-10-21(11-9-19)31-20-5-3-2-4-6-20/h2-16H,1H3,(H3,26,27,28,29). The molecule has 0 spiro atoms. The van der Waals surface area contributed by atoms with E-state index in [2.05, 4.69) is 38.1 Å². The molecule has 0 aliphatic heterocycles. The SMILES string of the molecule is Cn1ccc2cc(-c3cc(Nc4ccc(Oc5ccccc5)cc4)nc(N)n3)ccc21. The number of hydrogen-bond acceptors (Lipinski definition) is 5. The van der Waals surface area contributed by atoms with Crippen molar-refractivity contribution in [3.63, 3.8) is 0 Å². The van der Waals surface area contributed by atoms with Crippen molar-refractivity contribution in [2.75, 3.05) is 11.1 Å². The van der Waals surface area contributed by atoms with E-state index in [4.69, 9.17) is 10.5 Å². The zero-order valence-electron chi connectivity index (χ0n) is 17.0. The number of ether oxygens (including phenoxy) is 1. The van der Waals surface area contributed by atoms with E-state index in [-0.39, 0.29) is 5.95 Å². The molecule has 6 heteroatoms. The highest BCUT2D eigenvalue weighted by molar-refractivity contribution is 5.85. The molecule has 0 fully saturated rings. The number of nitrogen functional groups attached to an aromatic ring is 1. The van der Waals surface area contributed by atoms with E-state index >= 15 is 0 Å². The van der Waals surface area contributed by atoms with Gasteiger partial charge >= 0.3 is 0 Å². The number of rotatable bonds is 5. The van der Waals surface area contributed by atoms with Crippen molar-refractivity contribution in [3.05, 3.63) is 91.1 Å². The highest BCUT2D eigenvalue weighted by Gasteiger charge is 2.08. The Morgan fingerprint density at radius 1 is 0.839 bits per heavy atom. The molecule has 5 aromatic rings. The van der Waals surface area contributed by atoms with Crippen LogP contribution in [-0.4, -0.2) is 14.5 Å². The van der Waals surface area contributed by atoms with E-state index in [0.29, 0.717) is 5.82 Å². The van der Waals surface area contributed by atoms with Gasteiger partial charge in [-0.1, -0.05) is 24.3 Å². The van der Waals surface area contributed by atoms with E-state index in [0.717, 1.165) is 33.8 Å². The van der Waals surface area contributed by atoms with Crippen LogP contribution >= 0.6 is 0 Å². The van der Waals surface area contributed by atoms with Crippen molar-refractivity contribution in [2.45, 2.75) is 0 Å². The van der Waals surface area contributed by atoms with E-state index < -0.39 is 0 Å². The first-order valence-electron chi connectivity index (χ1n) is 9.94. The molecule has 3 aromatic carbocycles. The number of anilines is 3. The minimum absolute atomic E-state index is 0.220. The Balaban J connectivity index is 1.37. The number of nitrogens with zero attached hydrogens (tertiary/aromatic N) is 3. The number of hydrogen-bond donors (Lipinski definition) is 2. The zero-order chi connectivity index (χ0) is 21.2.